The number of aromatic nitrogens is 5. The van der Waals surface area contributed by atoms with Crippen molar-refractivity contribution in [3.05, 3.63) is 48.8 Å². The lowest BCUT2D eigenvalue weighted by Gasteiger charge is -2.03. The Bertz CT molecular complexity index is 710. The summed E-state index contributed by atoms with van der Waals surface area (Å²) in [6.45, 7) is 5.09. The molecule has 8 heteroatoms. The third-order valence-electron chi connectivity index (χ3n) is 2.43. The van der Waals surface area contributed by atoms with E-state index in [0.29, 0.717) is 0 Å². The molecule has 2 heterocycles. The molecule has 0 saturated carbocycles. The predicted octanol–water partition coefficient (Wildman–Crippen LogP) is 2.06. The molecule has 0 saturated heterocycles. The SMILES string of the molecule is C.C=CN=C(/C(O)=C\C)c1nnc(-c2ncccc2O)nn1. The van der Waals surface area contributed by atoms with Crippen LogP contribution < -0.4 is 0 Å². The highest BCUT2D eigenvalue weighted by Crippen LogP contribution is 2.21. The summed E-state index contributed by atoms with van der Waals surface area (Å²) in [6.07, 6.45) is 4.17. The molecule has 2 rings (SSSR count). The number of hydrogen-bond acceptors (Lipinski definition) is 8. The van der Waals surface area contributed by atoms with Gasteiger partial charge in [0.2, 0.25) is 11.6 Å². The molecule has 0 aliphatic heterocycles. The molecule has 0 radical (unpaired) electrons. The van der Waals surface area contributed by atoms with Gasteiger partial charge >= 0.3 is 0 Å². The molecule has 0 fully saturated rings. The van der Waals surface area contributed by atoms with Crippen molar-refractivity contribution in [2.45, 2.75) is 14.4 Å². The largest absolute Gasteiger partial charge is 0.506 e. The molecule has 22 heavy (non-hydrogen) atoms. The standard InChI is InChI=1S/C13H12N6O2.CH4/c1-3-8(20)10(14-4-2)12-16-18-13(19-17-12)11-9(21)6-5-7-15-11;/h3-7,20-21H,2H2,1H3;1H4/b8-3+,14-10?;. The van der Waals surface area contributed by atoms with E-state index in [-0.39, 0.29) is 42.0 Å². The summed E-state index contributed by atoms with van der Waals surface area (Å²) < 4.78 is 0. The van der Waals surface area contributed by atoms with Crippen molar-refractivity contribution in [3.8, 4) is 17.3 Å². The minimum atomic E-state index is -0.119. The van der Waals surface area contributed by atoms with Gasteiger partial charge in [0.15, 0.2) is 11.4 Å². The van der Waals surface area contributed by atoms with Crippen molar-refractivity contribution in [2.75, 3.05) is 0 Å². The summed E-state index contributed by atoms with van der Waals surface area (Å²) in [6, 6.07) is 3.03. The topological polar surface area (TPSA) is 117 Å². The molecule has 0 bridgehead atoms. The van der Waals surface area contributed by atoms with Crippen LogP contribution in [0.2, 0.25) is 0 Å². The lowest BCUT2D eigenvalue weighted by Crippen LogP contribution is -2.13. The van der Waals surface area contributed by atoms with E-state index >= 15 is 0 Å². The zero-order chi connectivity index (χ0) is 15.2. The summed E-state index contributed by atoms with van der Waals surface area (Å²) in [4.78, 5) is 7.83. The first-order chi connectivity index (χ1) is 10.2. The van der Waals surface area contributed by atoms with Gasteiger partial charge < -0.3 is 10.2 Å². The zero-order valence-electron chi connectivity index (χ0n) is 11.2. The summed E-state index contributed by atoms with van der Waals surface area (Å²) in [5.74, 6) is -0.100. The van der Waals surface area contributed by atoms with Gasteiger partial charge in [-0.25, -0.2) is 9.98 Å². The fourth-order valence-electron chi connectivity index (χ4n) is 1.45. The van der Waals surface area contributed by atoms with Gasteiger partial charge in [0.25, 0.3) is 0 Å². The number of aromatic hydroxyl groups is 1. The van der Waals surface area contributed by atoms with Gasteiger partial charge in [-0.2, -0.15) is 0 Å². The summed E-state index contributed by atoms with van der Waals surface area (Å²) in [7, 11) is 0. The van der Waals surface area contributed by atoms with E-state index < -0.39 is 0 Å². The quantitative estimate of drug-likeness (QED) is 0.655. The van der Waals surface area contributed by atoms with Crippen LogP contribution in [0.3, 0.4) is 0 Å². The molecule has 2 aromatic rings. The Morgan fingerprint density at radius 2 is 1.95 bits per heavy atom. The van der Waals surface area contributed by atoms with Gasteiger partial charge in [0.1, 0.15) is 11.5 Å². The third kappa shape index (κ3) is 3.48. The molecule has 0 aromatic carbocycles. The second-order valence-corrected chi connectivity index (χ2v) is 3.75. The maximum atomic E-state index is 9.73. The van der Waals surface area contributed by atoms with Crippen molar-refractivity contribution in [2.24, 2.45) is 4.99 Å². The average Bonchev–Trinajstić information content (AvgIpc) is 2.53. The summed E-state index contributed by atoms with van der Waals surface area (Å²) in [5, 5.41) is 34.7. The molecular formula is C14H16N6O2. The maximum Gasteiger partial charge on any atom is 0.225 e. The molecule has 0 spiro atoms. The number of aliphatic hydroxyl groups excluding tert-OH is 1. The molecule has 114 valence electrons. The fourth-order valence-corrected chi connectivity index (χ4v) is 1.45. The highest BCUT2D eigenvalue weighted by Gasteiger charge is 2.15. The first-order valence-corrected chi connectivity index (χ1v) is 5.93. The van der Waals surface area contributed by atoms with Crippen LogP contribution in [0.4, 0.5) is 0 Å². The van der Waals surface area contributed by atoms with Crippen molar-refractivity contribution in [1.82, 2.24) is 25.4 Å². The second-order valence-electron chi connectivity index (χ2n) is 3.75. The molecule has 2 aromatic heterocycles. The maximum absolute atomic E-state index is 9.73. The Kier molecular flexibility index (Phi) is 5.82. The molecule has 0 unspecified atom stereocenters. The zero-order valence-corrected chi connectivity index (χ0v) is 11.2. The number of nitrogens with zero attached hydrogens (tertiary/aromatic N) is 6. The summed E-state index contributed by atoms with van der Waals surface area (Å²) >= 11 is 0. The molecule has 0 aliphatic carbocycles. The first-order valence-electron chi connectivity index (χ1n) is 5.93. The molecule has 0 aliphatic rings. The van der Waals surface area contributed by atoms with Crippen LogP contribution in [0, 0.1) is 0 Å². The Morgan fingerprint density at radius 1 is 1.27 bits per heavy atom. The second kappa shape index (κ2) is 7.58. The number of rotatable bonds is 4. The fraction of sp³-hybridized carbons (Fsp3) is 0.143. The number of pyridine rings is 1. The van der Waals surface area contributed by atoms with E-state index in [9.17, 15) is 10.2 Å². The van der Waals surface area contributed by atoms with Gasteiger partial charge in [-0.15, -0.1) is 20.4 Å². The lowest BCUT2D eigenvalue weighted by molar-refractivity contribution is 0.441. The van der Waals surface area contributed by atoms with E-state index in [4.69, 9.17) is 0 Å². The number of hydrogen-bond donors (Lipinski definition) is 2. The van der Waals surface area contributed by atoms with Gasteiger partial charge in [-0.05, 0) is 25.1 Å². The van der Waals surface area contributed by atoms with Crippen LogP contribution in [-0.2, 0) is 0 Å². The van der Waals surface area contributed by atoms with Gasteiger partial charge in [0, 0.05) is 12.4 Å². The highest BCUT2D eigenvalue weighted by molar-refractivity contribution is 6.08. The van der Waals surface area contributed by atoms with Crippen LogP contribution in [0.1, 0.15) is 20.2 Å². The predicted molar refractivity (Wildman–Crippen MR) is 82.4 cm³/mol. The highest BCUT2D eigenvalue weighted by atomic mass is 16.3. The lowest BCUT2D eigenvalue weighted by atomic mass is 10.3. The van der Waals surface area contributed by atoms with Crippen molar-refractivity contribution >= 4 is 5.71 Å². The van der Waals surface area contributed by atoms with Crippen LogP contribution in [-0.4, -0.2) is 41.3 Å². The molecular weight excluding hydrogens is 284 g/mol. The van der Waals surface area contributed by atoms with E-state index in [1.54, 1.807) is 13.0 Å². The molecule has 0 atom stereocenters. The molecule has 2 N–H and O–H groups in total. The summed E-state index contributed by atoms with van der Waals surface area (Å²) in [5.41, 5.74) is 0.269. The third-order valence-corrected chi connectivity index (χ3v) is 2.43. The Labute approximate surface area is 127 Å². The van der Waals surface area contributed by atoms with Crippen LogP contribution in [0.5, 0.6) is 5.75 Å². The van der Waals surface area contributed by atoms with E-state index in [1.807, 2.05) is 0 Å². The minimum Gasteiger partial charge on any atom is -0.506 e. The average molecular weight is 300 g/mol. The van der Waals surface area contributed by atoms with Gasteiger partial charge in [-0.3, -0.25) is 0 Å². The van der Waals surface area contributed by atoms with Crippen molar-refractivity contribution < 1.29 is 10.2 Å². The van der Waals surface area contributed by atoms with Crippen LogP contribution in [0.25, 0.3) is 11.5 Å². The number of aliphatic hydroxyl groups is 1. The van der Waals surface area contributed by atoms with Crippen molar-refractivity contribution in [1.29, 1.82) is 0 Å². The van der Waals surface area contributed by atoms with Gasteiger partial charge in [-0.1, -0.05) is 14.0 Å². The number of aliphatic imine (C=N–C) groups is 1. The van der Waals surface area contributed by atoms with Crippen LogP contribution >= 0.6 is 0 Å². The Morgan fingerprint density at radius 3 is 2.50 bits per heavy atom. The molecule has 0 amide bonds. The van der Waals surface area contributed by atoms with Crippen molar-refractivity contribution in [3.63, 3.8) is 0 Å². The number of allylic oxidation sites excluding steroid dienone is 2. The van der Waals surface area contributed by atoms with E-state index in [2.05, 4.69) is 37.0 Å². The first kappa shape index (κ1) is 16.9. The van der Waals surface area contributed by atoms with E-state index in [1.165, 1.54) is 24.5 Å². The van der Waals surface area contributed by atoms with E-state index in [0.717, 1.165) is 0 Å². The Hall–Kier alpha value is -3.16. The smallest absolute Gasteiger partial charge is 0.225 e. The van der Waals surface area contributed by atoms with Gasteiger partial charge in [0.05, 0.1) is 0 Å². The normalized spacial score (nSPS) is 11.7. The molecule has 8 nitrogen and oxygen atoms in total. The minimum absolute atomic E-state index is 0. The van der Waals surface area contributed by atoms with Crippen LogP contribution in [0.15, 0.2) is 47.9 Å². The Balaban J connectivity index is 0.00000242. The monoisotopic (exact) mass is 300 g/mol.